The van der Waals surface area contributed by atoms with Crippen molar-refractivity contribution in [1.82, 2.24) is 25.3 Å². The van der Waals surface area contributed by atoms with Gasteiger partial charge in [-0.15, -0.1) is 10.2 Å². The van der Waals surface area contributed by atoms with Crippen molar-refractivity contribution in [1.29, 1.82) is 0 Å². The van der Waals surface area contributed by atoms with E-state index in [4.69, 9.17) is 9.15 Å². The molecule has 156 valence electrons. The summed E-state index contributed by atoms with van der Waals surface area (Å²) in [7, 11) is 0. The molecule has 1 unspecified atom stereocenters. The molecule has 0 radical (unpaired) electrons. The van der Waals surface area contributed by atoms with Gasteiger partial charge in [0.2, 0.25) is 11.8 Å². The lowest BCUT2D eigenvalue weighted by Gasteiger charge is -2.09. The number of nitrogens with zero attached hydrogens (tertiary/aromatic N) is 4. The van der Waals surface area contributed by atoms with E-state index in [0.717, 1.165) is 36.8 Å². The molecule has 1 aliphatic rings. The molecule has 1 N–H and O–H groups in total. The summed E-state index contributed by atoms with van der Waals surface area (Å²) < 4.78 is 12.3. The van der Waals surface area contributed by atoms with Crippen molar-refractivity contribution in [3.05, 3.63) is 58.7 Å². The number of hydrogen-bond acceptors (Lipinski definition) is 8. The van der Waals surface area contributed by atoms with Gasteiger partial charge >= 0.3 is 0 Å². The Bertz CT molecular complexity index is 1050. The standard InChI is InChI=1S/C20H21N5O4S/c26-17(21-11-15-7-4-10-28-15)13-30-20-23-22-18(29-20)12-25-19(27)9-8-16(24-25)14-5-2-1-3-6-14/h1-3,5-6,8-9,15H,4,7,10-13H2,(H,21,26). The lowest BCUT2D eigenvalue weighted by atomic mass is 10.1. The molecule has 1 aromatic carbocycles. The van der Waals surface area contributed by atoms with Crippen LogP contribution in [0.3, 0.4) is 0 Å². The molecule has 3 aromatic rings. The number of rotatable bonds is 8. The second-order valence-corrected chi connectivity index (χ2v) is 7.70. The van der Waals surface area contributed by atoms with Crippen LogP contribution in [-0.4, -0.2) is 50.9 Å². The van der Waals surface area contributed by atoms with Gasteiger partial charge in [0.25, 0.3) is 10.8 Å². The number of hydrogen-bond donors (Lipinski definition) is 1. The average molecular weight is 427 g/mol. The Balaban J connectivity index is 1.33. The fourth-order valence-electron chi connectivity index (χ4n) is 3.02. The summed E-state index contributed by atoms with van der Waals surface area (Å²) in [6.45, 7) is 1.32. The van der Waals surface area contributed by atoms with E-state index in [-0.39, 0.29) is 41.0 Å². The summed E-state index contributed by atoms with van der Waals surface area (Å²) in [4.78, 5) is 24.1. The van der Waals surface area contributed by atoms with Crippen molar-refractivity contribution in [3.8, 4) is 11.3 Å². The van der Waals surface area contributed by atoms with Crippen molar-refractivity contribution in [2.24, 2.45) is 0 Å². The minimum atomic E-state index is -0.268. The number of benzene rings is 1. The molecule has 9 nitrogen and oxygen atoms in total. The zero-order valence-electron chi connectivity index (χ0n) is 16.2. The van der Waals surface area contributed by atoms with Crippen LogP contribution in [0.2, 0.25) is 0 Å². The molecule has 0 bridgehead atoms. The highest BCUT2D eigenvalue weighted by Gasteiger charge is 2.17. The van der Waals surface area contributed by atoms with Crippen molar-refractivity contribution in [2.45, 2.75) is 30.7 Å². The normalized spacial score (nSPS) is 15.9. The van der Waals surface area contributed by atoms with Gasteiger partial charge in [-0.3, -0.25) is 9.59 Å². The first-order chi connectivity index (χ1) is 14.7. The van der Waals surface area contributed by atoms with Gasteiger partial charge in [0.15, 0.2) is 0 Å². The van der Waals surface area contributed by atoms with E-state index >= 15 is 0 Å². The smallest absolute Gasteiger partial charge is 0.277 e. The summed E-state index contributed by atoms with van der Waals surface area (Å²) in [6, 6.07) is 12.7. The predicted molar refractivity (Wildman–Crippen MR) is 110 cm³/mol. The van der Waals surface area contributed by atoms with E-state index in [2.05, 4.69) is 20.6 Å². The number of thioether (sulfide) groups is 1. The van der Waals surface area contributed by atoms with Gasteiger partial charge in [-0.1, -0.05) is 42.1 Å². The lowest BCUT2D eigenvalue weighted by Crippen LogP contribution is -2.32. The molecule has 10 heteroatoms. The third kappa shape index (κ3) is 5.33. The van der Waals surface area contributed by atoms with E-state index in [9.17, 15) is 9.59 Å². The van der Waals surface area contributed by atoms with Crippen LogP contribution in [0.1, 0.15) is 18.7 Å². The minimum absolute atomic E-state index is 0.0539. The van der Waals surface area contributed by atoms with E-state index in [1.54, 1.807) is 6.07 Å². The van der Waals surface area contributed by atoms with Crippen LogP contribution in [0.4, 0.5) is 0 Å². The zero-order valence-corrected chi connectivity index (χ0v) is 17.0. The molecule has 1 atom stereocenters. The molecular weight excluding hydrogens is 406 g/mol. The summed E-state index contributed by atoms with van der Waals surface area (Å²) >= 11 is 1.15. The number of nitrogens with one attached hydrogen (secondary N) is 1. The fourth-order valence-corrected chi connectivity index (χ4v) is 3.64. The van der Waals surface area contributed by atoms with Crippen molar-refractivity contribution >= 4 is 17.7 Å². The molecule has 3 heterocycles. The Hall–Kier alpha value is -2.98. The topological polar surface area (TPSA) is 112 Å². The Kier molecular flexibility index (Phi) is 6.55. The summed E-state index contributed by atoms with van der Waals surface area (Å²) in [5.74, 6) is 0.288. The maximum absolute atomic E-state index is 12.2. The van der Waals surface area contributed by atoms with Crippen LogP contribution < -0.4 is 10.9 Å². The summed E-state index contributed by atoms with van der Waals surface area (Å²) in [6.07, 6.45) is 2.11. The van der Waals surface area contributed by atoms with Gasteiger partial charge in [0.05, 0.1) is 17.6 Å². The van der Waals surface area contributed by atoms with Crippen LogP contribution >= 0.6 is 11.8 Å². The van der Waals surface area contributed by atoms with E-state index in [0.29, 0.717) is 12.2 Å². The maximum Gasteiger partial charge on any atom is 0.277 e. The Morgan fingerprint density at radius 3 is 2.87 bits per heavy atom. The summed E-state index contributed by atoms with van der Waals surface area (Å²) in [5.41, 5.74) is 1.31. The van der Waals surface area contributed by atoms with Crippen molar-refractivity contribution < 1.29 is 13.9 Å². The molecule has 0 saturated carbocycles. The average Bonchev–Trinajstić information content (AvgIpc) is 3.45. The van der Waals surface area contributed by atoms with Crippen LogP contribution in [0.5, 0.6) is 0 Å². The molecule has 1 saturated heterocycles. The highest BCUT2D eigenvalue weighted by Crippen LogP contribution is 2.17. The van der Waals surface area contributed by atoms with E-state index in [1.807, 2.05) is 30.3 Å². The second-order valence-electron chi connectivity index (χ2n) is 6.77. The van der Waals surface area contributed by atoms with Gasteiger partial charge < -0.3 is 14.5 Å². The van der Waals surface area contributed by atoms with Crippen molar-refractivity contribution in [2.75, 3.05) is 18.9 Å². The van der Waals surface area contributed by atoms with Gasteiger partial charge in [0, 0.05) is 24.8 Å². The number of aromatic nitrogens is 4. The molecular formula is C20H21N5O4S. The molecule has 1 aliphatic heterocycles. The first-order valence-corrected chi connectivity index (χ1v) is 10.6. The molecule has 1 fully saturated rings. The number of ether oxygens (including phenoxy) is 1. The number of carbonyl (C=O) groups is 1. The van der Waals surface area contributed by atoms with Crippen LogP contribution in [0, 0.1) is 0 Å². The third-order valence-corrected chi connectivity index (χ3v) is 5.37. The number of carbonyl (C=O) groups excluding carboxylic acids is 1. The highest BCUT2D eigenvalue weighted by atomic mass is 32.2. The van der Waals surface area contributed by atoms with Crippen LogP contribution in [-0.2, 0) is 16.1 Å². The summed E-state index contributed by atoms with van der Waals surface area (Å²) in [5, 5.41) is 15.4. The highest BCUT2D eigenvalue weighted by molar-refractivity contribution is 7.99. The predicted octanol–water partition coefficient (Wildman–Crippen LogP) is 1.73. The first-order valence-electron chi connectivity index (χ1n) is 9.64. The zero-order chi connectivity index (χ0) is 20.8. The van der Waals surface area contributed by atoms with Gasteiger partial charge in [0.1, 0.15) is 6.54 Å². The number of amides is 1. The van der Waals surface area contributed by atoms with Gasteiger partial charge in [-0.05, 0) is 18.9 Å². The maximum atomic E-state index is 12.2. The molecule has 2 aromatic heterocycles. The van der Waals surface area contributed by atoms with E-state index in [1.165, 1.54) is 10.7 Å². The molecule has 30 heavy (non-hydrogen) atoms. The van der Waals surface area contributed by atoms with Crippen molar-refractivity contribution in [3.63, 3.8) is 0 Å². The largest absolute Gasteiger partial charge is 0.414 e. The molecule has 1 amide bonds. The van der Waals surface area contributed by atoms with Gasteiger partial charge in [-0.25, -0.2) is 4.68 Å². The monoisotopic (exact) mass is 427 g/mol. The molecule has 4 rings (SSSR count). The Labute approximate surface area is 176 Å². The van der Waals surface area contributed by atoms with E-state index < -0.39 is 0 Å². The quantitative estimate of drug-likeness (QED) is 0.541. The minimum Gasteiger partial charge on any atom is -0.414 e. The third-order valence-electron chi connectivity index (χ3n) is 4.55. The molecule has 0 aliphatic carbocycles. The Morgan fingerprint density at radius 1 is 1.20 bits per heavy atom. The second kappa shape index (κ2) is 9.68. The molecule has 0 spiro atoms. The van der Waals surface area contributed by atoms with Crippen LogP contribution in [0.25, 0.3) is 11.3 Å². The van der Waals surface area contributed by atoms with Crippen LogP contribution in [0.15, 0.2) is 56.9 Å². The first kappa shape index (κ1) is 20.3. The fraction of sp³-hybridized carbons (Fsp3) is 0.350. The van der Waals surface area contributed by atoms with Gasteiger partial charge in [-0.2, -0.15) is 5.10 Å². The lowest BCUT2D eigenvalue weighted by molar-refractivity contribution is -0.119. The Morgan fingerprint density at radius 2 is 2.07 bits per heavy atom. The SMILES string of the molecule is O=C(CSc1nnc(Cn2nc(-c3ccccc3)ccc2=O)o1)NCC1CCCO1.